The molecule has 3 fully saturated rings. The van der Waals surface area contributed by atoms with Crippen molar-refractivity contribution in [3.63, 3.8) is 0 Å². The van der Waals surface area contributed by atoms with E-state index >= 15 is 0 Å². The first kappa shape index (κ1) is 46.7. The van der Waals surface area contributed by atoms with Gasteiger partial charge in [0.1, 0.15) is 11.6 Å². The van der Waals surface area contributed by atoms with Crippen LogP contribution in [0, 0.1) is 0 Å². The molecule has 0 amide bonds. The highest BCUT2D eigenvalue weighted by Gasteiger charge is 2.52. The van der Waals surface area contributed by atoms with Crippen LogP contribution >= 0.6 is 15.9 Å². The van der Waals surface area contributed by atoms with Crippen LogP contribution in [0.15, 0.2) is 41.1 Å². The molecule has 0 bridgehead atoms. The minimum Gasteiger partial charge on any atom is -0.399 e. The summed E-state index contributed by atoms with van der Waals surface area (Å²) >= 11 is 3.52. The molecule has 0 aliphatic carbocycles. The first-order valence-corrected chi connectivity index (χ1v) is 20.6. The smallest absolute Gasteiger partial charge is 0.399 e. The van der Waals surface area contributed by atoms with E-state index in [-0.39, 0.29) is 30.9 Å². The van der Waals surface area contributed by atoms with Crippen LogP contribution < -0.4 is 15.3 Å². The number of ether oxygens (including phenoxy) is 6. The molecule has 2 aromatic heterocycles. The van der Waals surface area contributed by atoms with E-state index in [0.717, 1.165) is 60.8 Å². The summed E-state index contributed by atoms with van der Waals surface area (Å²) in [6, 6.07) is 9.77. The zero-order chi connectivity index (χ0) is 41.0. The van der Waals surface area contributed by atoms with Crippen LogP contribution in [0.2, 0.25) is 0 Å². The second kappa shape index (κ2) is 21.9. The molecule has 3 aliphatic heterocycles. The number of methoxy groups -OCH3 is 4. The fraction of sp³-hybridized carbons (Fsp3) is 0.750. The minimum atomic E-state index is -0.377. The lowest BCUT2D eigenvalue weighted by Crippen LogP contribution is -2.57. The van der Waals surface area contributed by atoms with E-state index in [4.69, 9.17) is 37.7 Å². The highest BCUT2D eigenvalue weighted by molar-refractivity contribution is 9.10. The van der Waals surface area contributed by atoms with Crippen molar-refractivity contribution in [2.45, 2.75) is 103 Å². The molecule has 56 heavy (non-hydrogen) atoms. The Labute approximate surface area is 345 Å². The average Bonchev–Trinajstić information content (AvgIpc) is 3.39. The van der Waals surface area contributed by atoms with Gasteiger partial charge in [-0.05, 0) is 85.1 Å². The number of pyridine rings is 2. The summed E-state index contributed by atoms with van der Waals surface area (Å²) in [5.74, 6) is 2.00. The molecule has 5 heterocycles. The number of halogens is 1. The van der Waals surface area contributed by atoms with Crippen molar-refractivity contribution in [3.05, 3.63) is 41.1 Å². The second-order valence-corrected chi connectivity index (χ2v) is 16.9. The van der Waals surface area contributed by atoms with Crippen molar-refractivity contribution in [1.82, 2.24) is 19.8 Å². The lowest BCUT2D eigenvalue weighted by molar-refractivity contribution is -0.141. The predicted molar refractivity (Wildman–Crippen MR) is 225 cm³/mol. The maximum atomic E-state index is 6.23. The van der Waals surface area contributed by atoms with Crippen LogP contribution in [0.5, 0.6) is 0 Å². The molecule has 0 aromatic carbocycles. The van der Waals surface area contributed by atoms with Gasteiger partial charge in [-0.25, -0.2) is 9.97 Å². The van der Waals surface area contributed by atoms with Gasteiger partial charge in [-0.1, -0.05) is 15.9 Å². The van der Waals surface area contributed by atoms with E-state index in [1.165, 1.54) is 0 Å². The van der Waals surface area contributed by atoms with Crippen LogP contribution in [0.4, 0.5) is 11.6 Å². The van der Waals surface area contributed by atoms with E-state index in [9.17, 15) is 0 Å². The Morgan fingerprint density at radius 3 is 1.46 bits per heavy atom. The van der Waals surface area contributed by atoms with Gasteiger partial charge in [-0.2, -0.15) is 0 Å². The lowest BCUT2D eigenvalue weighted by atomic mass is 9.79. The van der Waals surface area contributed by atoms with Gasteiger partial charge in [-0.15, -0.1) is 0 Å². The first-order chi connectivity index (χ1) is 26.6. The molecule has 4 atom stereocenters. The summed E-state index contributed by atoms with van der Waals surface area (Å²) in [6.45, 7) is 25.1. The lowest BCUT2D eigenvalue weighted by Gasteiger charge is -2.45. The molecule has 316 valence electrons. The molecule has 3 saturated heterocycles. The SMILES string of the molecule is COC(COCCN1[C@H](C)CN(c2cc(B3OC(C)(C)C(C)(C)O3)ccn2)C[C@@H]1C)OC.COC(COCCN1[C@H](C)CN(c2cc(Br)ccn2)C[C@@H]1C)OC. The Morgan fingerprint density at radius 2 is 1.07 bits per heavy atom. The molecule has 0 N–H and O–H groups in total. The number of rotatable bonds is 17. The summed E-state index contributed by atoms with van der Waals surface area (Å²) in [5, 5.41) is 0. The Bertz CT molecular complexity index is 1420. The fourth-order valence-electron chi connectivity index (χ4n) is 7.43. The number of anilines is 2. The fourth-order valence-corrected chi connectivity index (χ4v) is 7.75. The van der Waals surface area contributed by atoms with Crippen LogP contribution in [0.3, 0.4) is 0 Å². The first-order valence-electron chi connectivity index (χ1n) is 19.8. The zero-order valence-electron chi connectivity index (χ0n) is 35.9. The molecule has 0 spiro atoms. The van der Waals surface area contributed by atoms with Gasteiger partial charge in [0.2, 0.25) is 0 Å². The highest BCUT2D eigenvalue weighted by atomic mass is 79.9. The summed E-state index contributed by atoms with van der Waals surface area (Å²) in [7, 11) is 6.11. The van der Waals surface area contributed by atoms with Crippen molar-refractivity contribution in [1.29, 1.82) is 0 Å². The van der Waals surface area contributed by atoms with Gasteiger partial charge in [-0.3, -0.25) is 9.80 Å². The van der Waals surface area contributed by atoms with Crippen molar-refractivity contribution >= 4 is 40.1 Å². The summed E-state index contributed by atoms with van der Waals surface area (Å²) < 4.78 is 45.6. The van der Waals surface area contributed by atoms with Crippen LogP contribution in [-0.2, 0) is 37.7 Å². The number of aromatic nitrogens is 2. The quantitative estimate of drug-likeness (QED) is 0.128. The highest BCUT2D eigenvalue weighted by Crippen LogP contribution is 2.36. The number of hydrogen-bond donors (Lipinski definition) is 0. The Kier molecular flexibility index (Phi) is 18.3. The normalized spacial score (nSPS) is 24.2. The molecular weight excluding hydrogens is 783 g/mol. The molecule has 5 rings (SSSR count). The van der Waals surface area contributed by atoms with E-state index in [2.05, 4.69) is 113 Å². The van der Waals surface area contributed by atoms with Gasteiger partial charge in [0, 0.05) is 109 Å². The van der Waals surface area contributed by atoms with Crippen LogP contribution in [-0.4, -0.2) is 169 Å². The van der Waals surface area contributed by atoms with Crippen LogP contribution in [0.25, 0.3) is 0 Å². The molecule has 0 unspecified atom stereocenters. The Morgan fingerprint density at radius 1 is 0.679 bits per heavy atom. The average molecular weight is 852 g/mol. The number of nitrogens with zero attached hydrogens (tertiary/aromatic N) is 6. The van der Waals surface area contributed by atoms with Crippen molar-refractivity contribution in [3.8, 4) is 0 Å². The topological polar surface area (TPSA) is 113 Å². The van der Waals surface area contributed by atoms with Gasteiger partial charge >= 0.3 is 7.12 Å². The minimum absolute atomic E-state index is 0.292. The van der Waals surface area contributed by atoms with Crippen molar-refractivity contribution in [2.24, 2.45) is 0 Å². The maximum Gasteiger partial charge on any atom is 0.495 e. The molecule has 14 nitrogen and oxygen atoms in total. The molecule has 0 saturated carbocycles. The predicted octanol–water partition coefficient (Wildman–Crippen LogP) is 4.29. The van der Waals surface area contributed by atoms with Gasteiger partial charge in [0.25, 0.3) is 0 Å². The summed E-state index contributed by atoms with van der Waals surface area (Å²) in [6.07, 6.45) is 3.09. The third kappa shape index (κ3) is 12.8. The molecule has 16 heteroatoms. The van der Waals surface area contributed by atoms with E-state index < -0.39 is 0 Å². The van der Waals surface area contributed by atoms with Crippen LogP contribution in [0.1, 0.15) is 55.4 Å². The van der Waals surface area contributed by atoms with E-state index in [0.29, 0.717) is 50.6 Å². The number of hydrogen-bond acceptors (Lipinski definition) is 14. The molecule has 3 aliphatic rings. The third-order valence-corrected chi connectivity index (χ3v) is 11.9. The van der Waals surface area contributed by atoms with Gasteiger partial charge < -0.3 is 47.5 Å². The Balaban J connectivity index is 0.000000259. The van der Waals surface area contributed by atoms with E-state index in [1.54, 1.807) is 28.4 Å². The molecule has 2 aromatic rings. The third-order valence-electron chi connectivity index (χ3n) is 11.4. The second-order valence-electron chi connectivity index (χ2n) is 16.0. The number of piperazine rings is 2. The van der Waals surface area contributed by atoms with Crippen molar-refractivity contribution < 1.29 is 37.7 Å². The zero-order valence-corrected chi connectivity index (χ0v) is 37.5. The molecule has 0 radical (unpaired) electrons. The Hall–Kier alpha value is -1.96. The van der Waals surface area contributed by atoms with Gasteiger partial charge in [0.15, 0.2) is 12.6 Å². The van der Waals surface area contributed by atoms with Gasteiger partial charge in [0.05, 0.1) is 37.6 Å². The maximum absolute atomic E-state index is 6.23. The summed E-state index contributed by atoms with van der Waals surface area (Å²) in [5.41, 5.74) is 0.296. The monoisotopic (exact) mass is 850 g/mol. The standard InChI is InChI=1S/C23H40BN3O5.C17H28BrN3O3/c1-17-14-26(15-18(2)27(17)11-12-30-16-21(28-7)29-8)20-13-19(9-10-25-20)24-31-22(3,4)23(5,6)32-24;1-13-10-20(16-9-15(18)5-6-19-16)11-14(2)21(13)7-8-24-12-17(22-3)23-4/h9-10,13,17-18,21H,11-12,14-16H2,1-8H3;5-6,9,13-14,17H,7-8,10-12H2,1-4H3/t17-,18+;13-,14+. The molecular formula is C40H68BBrN6O8. The van der Waals surface area contributed by atoms with Crippen molar-refractivity contribution in [2.75, 3.05) is 104 Å². The summed E-state index contributed by atoms with van der Waals surface area (Å²) in [4.78, 5) is 18.8. The van der Waals surface area contributed by atoms with E-state index in [1.807, 2.05) is 24.5 Å². The largest absolute Gasteiger partial charge is 0.495 e.